The molecule has 2 heterocycles. The molecule has 3 N–H and O–H groups in total. The van der Waals surface area contributed by atoms with Gasteiger partial charge in [0, 0.05) is 17.0 Å². The number of hydrogen-bond donors (Lipinski definition) is 2. The van der Waals surface area contributed by atoms with Crippen molar-refractivity contribution in [2.24, 2.45) is 0 Å². The SMILES string of the molecule is Cc1c(N)ncnc1NCCc1cccs1. The molecule has 0 fully saturated rings. The van der Waals surface area contributed by atoms with Crippen molar-refractivity contribution in [1.29, 1.82) is 0 Å². The molecule has 5 heteroatoms. The lowest BCUT2D eigenvalue weighted by Crippen LogP contribution is -2.08. The largest absolute Gasteiger partial charge is 0.383 e. The van der Waals surface area contributed by atoms with E-state index in [2.05, 4.69) is 32.8 Å². The Labute approximate surface area is 98.6 Å². The third-order valence-electron chi connectivity index (χ3n) is 2.37. The van der Waals surface area contributed by atoms with Crippen LogP contribution in [-0.4, -0.2) is 16.5 Å². The summed E-state index contributed by atoms with van der Waals surface area (Å²) in [5.41, 5.74) is 6.61. The summed E-state index contributed by atoms with van der Waals surface area (Å²) in [6.45, 7) is 2.78. The molecule has 0 aliphatic heterocycles. The van der Waals surface area contributed by atoms with Gasteiger partial charge in [-0.25, -0.2) is 9.97 Å². The minimum absolute atomic E-state index is 0.536. The summed E-state index contributed by atoms with van der Waals surface area (Å²) in [6, 6.07) is 4.20. The number of hydrogen-bond acceptors (Lipinski definition) is 5. The number of nitrogens with one attached hydrogen (secondary N) is 1. The van der Waals surface area contributed by atoms with Crippen LogP contribution in [0.2, 0.25) is 0 Å². The summed E-state index contributed by atoms with van der Waals surface area (Å²) < 4.78 is 0. The van der Waals surface area contributed by atoms with Crippen molar-refractivity contribution in [3.8, 4) is 0 Å². The molecule has 0 unspecified atom stereocenters. The van der Waals surface area contributed by atoms with Crippen LogP contribution in [0.15, 0.2) is 23.8 Å². The number of thiophene rings is 1. The summed E-state index contributed by atoms with van der Waals surface area (Å²) >= 11 is 1.77. The maximum absolute atomic E-state index is 5.70. The highest BCUT2D eigenvalue weighted by molar-refractivity contribution is 7.09. The second kappa shape index (κ2) is 4.94. The number of anilines is 2. The summed E-state index contributed by atoms with van der Waals surface area (Å²) in [7, 11) is 0. The molecule has 0 saturated heterocycles. The molecule has 2 aromatic heterocycles. The Morgan fingerprint density at radius 3 is 3.06 bits per heavy atom. The number of nitrogens with zero attached hydrogens (tertiary/aromatic N) is 2. The van der Waals surface area contributed by atoms with E-state index in [1.807, 2.05) is 6.92 Å². The molecule has 0 bridgehead atoms. The number of nitrogen functional groups attached to an aromatic ring is 1. The van der Waals surface area contributed by atoms with E-state index in [4.69, 9.17) is 5.73 Å². The predicted molar refractivity (Wildman–Crippen MR) is 67.7 cm³/mol. The van der Waals surface area contributed by atoms with Crippen LogP contribution in [0.25, 0.3) is 0 Å². The fraction of sp³-hybridized carbons (Fsp3) is 0.273. The standard InChI is InChI=1S/C11H14N4S/c1-8-10(12)14-7-15-11(8)13-5-4-9-3-2-6-16-9/h2-3,6-7H,4-5H2,1H3,(H3,12,13,14,15). The smallest absolute Gasteiger partial charge is 0.134 e. The maximum Gasteiger partial charge on any atom is 0.134 e. The first-order valence-corrected chi connectivity index (χ1v) is 5.98. The molecule has 0 atom stereocenters. The minimum atomic E-state index is 0.536. The zero-order valence-electron chi connectivity index (χ0n) is 9.10. The van der Waals surface area contributed by atoms with Crippen LogP contribution in [0.4, 0.5) is 11.6 Å². The lowest BCUT2D eigenvalue weighted by molar-refractivity contribution is 1.01. The Morgan fingerprint density at radius 2 is 2.31 bits per heavy atom. The van der Waals surface area contributed by atoms with Gasteiger partial charge in [-0.1, -0.05) is 6.07 Å². The first-order chi connectivity index (χ1) is 7.77. The number of nitrogens with two attached hydrogens (primary N) is 1. The second-order valence-corrected chi connectivity index (χ2v) is 4.52. The van der Waals surface area contributed by atoms with E-state index in [-0.39, 0.29) is 0 Å². The van der Waals surface area contributed by atoms with Gasteiger partial charge in [-0.2, -0.15) is 0 Å². The Hall–Kier alpha value is -1.62. The van der Waals surface area contributed by atoms with Crippen molar-refractivity contribution < 1.29 is 0 Å². The van der Waals surface area contributed by atoms with E-state index in [1.165, 1.54) is 11.2 Å². The summed E-state index contributed by atoms with van der Waals surface area (Å²) in [5, 5.41) is 5.35. The zero-order chi connectivity index (χ0) is 11.4. The molecule has 0 aliphatic carbocycles. The third-order valence-corrected chi connectivity index (χ3v) is 3.30. The number of aromatic nitrogens is 2. The molecule has 0 saturated carbocycles. The molecule has 0 spiro atoms. The summed E-state index contributed by atoms with van der Waals surface area (Å²) in [6.07, 6.45) is 2.48. The lowest BCUT2D eigenvalue weighted by Gasteiger charge is -2.08. The van der Waals surface area contributed by atoms with Gasteiger partial charge in [0.05, 0.1) is 0 Å². The molecule has 0 aliphatic rings. The second-order valence-electron chi connectivity index (χ2n) is 3.49. The Bertz CT molecular complexity index is 453. The van der Waals surface area contributed by atoms with Crippen LogP contribution in [0.3, 0.4) is 0 Å². The van der Waals surface area contributed by atoms with Gasteiger partial charge in [0.1, 0.15) is 18.0 Å². The normalized spacial score (nSPS) is 10.3. The van der Waals surface area contributed by atoms with Crippen LogP contribution >= 0.6 is 11.3 Å². The molecule has 2 rings (SSSR count). The fourth-order valence-corrected chi connectivity index (χ4v) is 2.11. The molecule has 84 valence electrons. The van der Waals surface area contributed by atoms with Crippen LogP contribution in [0.5, 0.6) is 0 Å². The third kappa shape index (κ3) is 2.49. The first-order valence-electron chi connectivity index (χ1n) is 5.10. The fourth-order valence-electron chi connectivity index (χ4n) is 1.40. The van der Waals surface area contributed by atoms with Crippen molar-refractivity contribution in [1.82, 2.24) is 9.97 Å². The highest BCUT2D eigenvalue weighted by Gasteiger charge is 2.03. The van der Waals surface area contributed by atoms with Crippen molar-refractivity contribution >= 4 is 23.0 Å². The Morgan fingerprint density at radius 1 is 1.44 bits per heavy atom. The van der Waals surface area contributed by atoms with E-state index in [0.717, 1.165) is 24.3 Å². The monoisotopic (exact) mass is 234 g/mol. The van der Waals surface area contributed by atoms with Gasteiger partial charge in [-0.05, 0) is 24.8 Å². The number of rotatable bonds is 4. The van der Waals surface area contributed by atoms with E-state index >= 15 is 0 Å². The lowest BCUT2D eigenvalue weighted by atomic mass is 10.3. The quantitative estimate of drug-likeness (QED) is 0.850. The molecular weight excluding hydrogens is 220 g/mol. The van der Waals surface area contributed by atoms with Gasteiger partial charge in [0.15, 0.2) is 0 Å². The van der Waals surface area contributed by atoms with Crippen molar-refractivity contribution in [2.75, 3.05) is 17.6 Å². The average Bonchev–Trinajstić information content (AvgIpc) is 2.77. The highest BCUT2D eigenvalue weighted by Crippen LogP contribution is 2.15. The van der Waals surface area contributed by atoms with E-state index < -0.39 is 0 Å². The van der Waals surface area contributed by atoms with Crippen LogP contribution in [0.1, 0.15) is 10.4 Å². The van der Waals surface area contributed by atoms with E-state index in [9.17, 15) is 0 Å². The van der Waals surface area contributed by atoms with Crippen LogP contribution < -0.4 is 11.1 Å². The van der Waals surface area contributed by atoms with Gasteiger partial charge in [-0.15, -0.1) is 11.3 Å². The van der Waals surface area contributed by atoms with Crippen LogP contribution in [-0.2, 0) is 6.42 Å². The Balaban J connectivity index is 1.92. The van der Waals surface area contributed by atoms with Crippen LogP contribution in [0, 0.1) is 6.92 Å². The molecule has 0 radical (unpaired) electrons. The topological polar surface area (TPSA) is 63.8 Å². The minimum Gasteiger partial charge on any atom is -0.383 e. The zero-order valence-corrected chi connectivity index (χ0v) is 9.92. The first kappa shape index (κ1) is 10.9. The maximum atomic E-state index is 5.70. The predicted octanol–water partition coefficient (Wildman–Crippen LogP) is 2.08. The van der Waals surface area contributed by atoms with Crippen molar-refractivity contribution in [3.63, 3.8) is 0 Å². The summed E-state index contributed by atoms with van der Waals surface area (Å²) in [5.74, 6) is 1.36. The van der Waals surface area contributed by atoms with Gasteiger partial charge < -0.3 is 11.1 Å². The van der Waals surface area contributed by atoms with E-state index in [0.29, 0.717) is 5.82 Å². The molecule has 0 amide bonds. The van der Waals surface area contributed by atoms with Crippen molar-refractivity contribution in [3.05, 3.63) is 34.3 Å². The van der Waals surface area contributed by atoms with Crippen molar-refractivity contribution in [2.45, 2.75) is 13.3 Å². The van der Waals surface area contributed by atoms with E-state index in [1.54, 1.807) is 11.3 Å². The van der Waals surface area contributed by atoms with Gasteiger partial charge in [0.2, 0.25) is 0 Å². The van der Waals surface area contributed by atoms with Gasteiger partial charge >= 0.3 is 0 Å². The summed E-state index contributed by atoms with van der Waals surface area (Å²) in [4.78, 5) is 9.45. The van der Waals surface area contributed by atoms with Gasteiger partial charge in [0.25, 0.3) is 0 Å². The molecule has 2 aromatic rings. The molecule has 0 aromatic carbocycles. The average molecular weight is 234 g/mol. The molecule has 4 nitrogen and oxygen atoms in total. The Kier molecular flexibility index (Phi) is 3.36. The highest BCUT2D eigenvalue weighted by atomic mass is 32.1. The molecular formula is C11H14N4S. The molecule has 16 heavy (non-hydrogen) atoms. The van der Waals surface area contributed by atoms with Gasteiger partial charge in [-0.3, -0.25) is 0 Å².